The van der Waals surface area contributed by atoms with E-state index in [2.05, 4.69) is 10.3 Å². The third kappa shape index (κ3) is 3.06. The van der Waals surface area contributed by atoms with E-state index in [9.17, 15) is 10.1 Å². The monoisotopic (exact) mass is 315 g/mol. The van der Waals surface area contributed by atoms with Crippen LogP contribution in [0.5, 0.6) is 0 Å². The van der Waals surface area contributed by atoms with Crippen molar-refractivity contribution >= 4 is 28.9 Å². The maximum atomic E-state index is 10.7. The van der Waals surface area contributed by atoms with Crippen LogP contribution in [0.1, 0.15) is 12.1 Å². The van der Waals surface area contributed by atoms with E-state index in [1.807, 2.05) is 0 Å². The molecule has 7 nitrogen and oxygen atoms in total. The van der Waals surface area contributed by atoms with Crippen molar-refractivity contribution in [3.63, 3.8) is 0 Å². The van der Waals surface area contributed by atoms with Crippen LogP contribution in [0.2, 0.25) is 10.0 Å². The van der Waals surface area contributed by atoms with Gasteiger partial charge in [-0.05, 0) is 19.4 Å². The van der Waals surface area contributed by atoms with Crippen molar-refractivity contribution in [1.82, 2.24) is 15.0 Å². The van der Waals surface area contributed by atoms with Gasteiger partial charge in [0, 0.05) is 12.1 Å². The lowest BCUT2D eigenvalue weighted by Crippen LogP contribution is -2.00. The minimum atomic E-state index is -0.560. The summed E-state index contributed by atoms with van der Waals surface area (Å²) in [6, 6.07) is 2.45. The minimum absolute atomic E-state index is 0.138. The molecular weight excluding hydrogens is 305 g/mol. The number of rotatable bonds is 5. The van der Waals surface area contributed by atoms with E-state index >= 15 is 0 Å². The molecule has 9 heteroatoms. The number of benzene rings is 1. The summed E-state index contributed by atoms with van der Waals surface area (Å²) in [5, 5.41) is 18.9. The van der Waals surface area contributed by atoms with Gasteiger partial charge in [0.2, 0.25) is 0 Å². The smallest absolute Gasteiger partial charge is 0.272 e. The van der Waals surface area contributed by atoms with Crippen molar-refractivity contribution < 1.29 is 4.92 Å². The van der Waals surface area contributed by atoms with Crippen LogP contribution >= 0.6 is 23.2 Å². The van der Waals surface area contributed by atoms with E-state index in [0.717, 1.165) is 12.1 Å². The molecule has 106 valence electrons. The molecule has 20 heavy (non-hydrogen) atoms. The zero-order valence-corrected chi connectivity index (χ0v) is 11.8. The third-order valence-electron chi connectivity index (χ3n) is 2.62. The van der Waals surface area contributed by atoms with Crippen LogP contribution in [0, 0.1) is 10.1 Å². The number of non-ortho nitro benzene ring substituents is 1. The molecule has 2 N–H and O–H groups in total. The van der Waals surface area contributed by atoms with Gasteiger partial charge < -0.3 is 5.73 Å². The van der Waals surface area contributed by atoms with Crippen molar-refractivity contribution in [1.29, 1.82) is 0 Å². The lowest BCUT2D eigenvalue weighted by atomic mass is 10.2. The first-order valence-corrected chi connectivity index (χ1v) is 6.53. The van der Waals surface area contributed by atoms with Crippen LogP contribution in [0.15, 0.2) is 18.3 Å². The predicted octanol–water partition coefficient (Wildman–Crippen LogP) is 2.37. The fourth-order valence-electron chi connectivity index (χ4n) is 1.68. The van der Waals surface area contributed by atoms with E-state index < -0.39 is 4.92 Å². The molecule has 0 fully saturated rings. The van der Waals surface area contributed by atoms with Crippen molar-refractivity contribution in [3.8, 4) is 5.69 Å². The molecular formula is C11H11Cl2N5O2. The molecule has 0 bridgehead atoms. The van der Waals surface area contributed by atoms with Crippen LogP contribution in [0.4, 0.5) is 5.69 Å². The molecule has 0 saturated carbocycles. The normalized spacial score (nSPS) is 10.8. The van der Waals surface area contributed by atoms with E-state index in [0.29, 0.717) is 18.7 Å². The molecule has 1 aromatic carbocycles. The van der Waals surface area contributed by atoms with Crippen LogP contribution < -0.4 is 5.73 Å². The predicted molar refractivity (Wildman–Crippen MR) is 75.4 cm³/mol. The lowest BCUT2D eigenvalue weighted by molar-refractivity contribution is -0.384. The van der Waals surface area contributed by atoms with Crippen LogP contribution in [0.25, 0.3) is 5.69 Å². The summed E-state index contributed by atoms with van der Waals surface area (Å²) in [7, 11) is 0. The Hall–Kier alpha value is -1.70. The number of halogens is 2. The number of nitro groups is 1. The fourth-order valence-corrected chi connectivity index (χ4v) is 2.33. The van der Waals surface area contributed by atoms with Crippen molar-refractivity contribution in [2.75, 3.05) is 6.54 Å². The minimum Gasteiger partial charge on any atom is -0.330 e. The van der Waals surface area contributed by atoms with Crippen LogP contribution in [0.3, 0.4) is 0 Å². The maximum absolute atomic E-state index is 10.7. The van der Waals surface area contributed by atoms with Gasteiger partial charge in [-0.1, -0.05) is 28.4 Å². The van der Waals surface area contributed by atoms with Crippen molar-refractivity contribution in [2.45, 2.75) is 12.8 Å². The van der Waals surface area contributed by atoms with Crippen LogP contribution in [-0.2, 0) is 6.42 Å². The molecule has 0 aliphatic carbocycles. The summed E-state index contributed by atoms with van der Waals surface area (Å²) in [4.78, 5) is 10.2. The van der Waals surface area contributed by atoms with Crippen molar-refractivity contribution in [2.24, 2.45) is 5.73 Å². The Kier molecular flexibility index (Phi) is 4.53. The average molecular weight is 316 g/mol. The molecule has 0 amide bonds. The number of nitrogens with two attached hydrogens (primary N) is 1. The second-order valence-electron chi connectivity index (χ2n) is 4.06. The first kappa shape index (κ1) is 14.7. The Labute approximate surface area is 124 Å². The zero-order valence-electron chi connectivity index (χ0n) is 10.3. The Morgan fingerprint density at radius 2 is 2.00 bits per heavy atom. The van der Waals surface area contributed by atoms with Gasteiger partial charge in [-0.25, -0.2) is 4.68 Å². The first-order valence-electron chi connectivity index (χ1n) is 5.78. The van der Waals surface area contributed by atoms with E-state index in [1.165, 1.54) is 16.8 Å². The third-order valence-corrected chi connectivity index (χ3v) is 3.20. The molecule has 2 rings (SSSR count). The molecule has 0 saturated heterocycles. The Bertz CT molecular complexity index is 620. The molecule has 2 aromatic rings. The molecule has 0 unspecified atom stereocenters. The highest BCUT2D eigenvalue weighted by atomic mass is 35.5. The quantitative estimate of drug-likeness (QED) is 0.674. The second-order valence-corrected chi connectivity index (χ2v) is 4.88. The highest BCUT2D eigenvalue weighted by molar-refractivity contribution is 6.38. The second kappa shape index (κ2) is 6.17. The van der Waals surface area contributed by atoms with Gasteiger partial charge >= 0.3 is 0 Å². The Morgan fingerprint density at radius 1 is 1.35 bits per heavy atom. The number of aryl methyl sites for hydroxylation is 1. The van der Waals surface area contributed by atoms with E-state index in [-0.39, 0.29) is 15.7 Å². The summed E-state index contributed by atoms with van der Waals surface area (Å²) in [5.41, 5.74) is 6.37. The summed E-state index contributed by atoms with van der Waals surface area (Å²) >= 11 is 12.1. The highest BCUT2D eigenvalue weighted by Gasteiger charge is 2.17. The highest BCUT2D eigenvalue weighted by Crippen LogP contribution is 2.32. The molecule has 1 aromatic heterocycles. The van der Waals surface area contributed by atoms with Gasteiger partial charge in [0.25, 0.3) is 5.69 Å². The standard InChI is InChI=1S/C11H11Cl2N5O2/c12-9-4-8(18(19)20)5-10(13)11(9)17-6-7(15-16-17)2-1-3-14/h4-6H,1-3,14H2. The summed E-state index contributed by atoms with van der Waals surface area (Å²) in [5.74, 6) is 0. The lowest BCUT2D eigenvalue weighted by Gasteiger charge is -2.05. The summed E-state index contributed by atoms with van der Waals surface area (Å²) in [6.45, 7) is 0.561. The van der Waals surface area contributed by atoms with Gasteiger partial charge in [0.05, 0.1) is 26.9 Å². The number of hydrogen-bond donors (Lipinski definition) is 1. The number of hydrogen-bond acceptors (Lipinski definition) is 5. The fraction of sp³-hybridized carbons (Fsp3) is 0.273. The van der Waals surface area contributed by atoms with Gasteiger partial charge in [-0.15, -0.1) is 5.10 Å². The largest absolute Gasteiger partial charge is 0.330 e. The van der Waals surface area contributed by atoms with Crippen LogP contribution in [-0.4, -0.2) is 26.5 Å². The SMILES string of the molecule is NCCCc1cn(-c2c(Cl)cc([N+](=O)[O-])cc2Cl)nn1. The average Bonchev–Trinajstić information content (AvgIpc) is 2.83. The maximum Gasteiger partial charge on any atom is 0.272 e. The molecule has 1 heterocycles. The van der Waals surface area contributed by atoms with E-state index in [4.69, 9.17) is 28.9 Å². The van der Waals surface area contributed by atoms with Gasteiger partial charge in [-0.3, -0.25) is 10.1 Å². The van der Waals surface area contributed by atoms with E-state index in [1.54, 1.807) is 6.20 Å². The van der Waals surface area contributed by atoms with Gasteiger partial charge in [0.1, 0.15) is 5.69 Å². The Morgan fingerprint density at radius 3 is 2.55 bits per heavy atom. The molecule has 0 radical (unpaired) electrons. The Balaban J connectivity index is 2.37. The van der Waals surface area contributed by atoms with Gasteiger partial charge in [-0.2, -0.15) is 0 Å². The number of nitrogens with zero attached hydrogens (tertiary/aromatic N) is 4. The zero-order chi connectivity index (χ0) is 14.7. The molecule has 0 aliphatic rings. The number of aromatic nitrogens is 3. The number of nitro benzene ring substituents is 1. The topological polar surface area (TPSA) is 99.9 Å². The summed E-state index contributed by atoms with van der Waals surface area (Å²) < 4.78 is 1.40. The van der Waals surface area contributed by atoms with Gasteiger partial charge in [0.15, 0.2) is 0 Å². The molecule has 0 atom stereocenters. The molecule has 0 spiro atoms. The molecule has 0 aliphatic heterocycles. The first-order chi connectivity index (χ1) is 9.52. The summed E-state index contributed by atoms with van der Waals surface area (Å²) in [6.07, 6.45) is 3.16. The van der Waals surface area contributed by atoms with Crippen molar-refractivity contribution in [3.05, 3.63) is 44.2 Å².